The lowest BCUT2D eigenvalue weighted by Crippen LogP contribution is -2.39. The Hall–Kier alpha value is -3.60. The summed E-state index contributed by atoms with van der Waals surface area (Å²) in [6.07, 6.45) is 6.03. The Kier molecular flexibility index (Phi) is 9.11. The minimum atomic E-state index is -0.928. The van der Waals surface area contributed by atoms with Gasteiger partial charge in [0.1, 0.15) is 0 Å². The van der Waals surface area contributed by atoms with E-state index in [9.17, 15) is 9.90 Å². The van der Waals surface area contributed by atoms with Gasteiger partial charge in [0.15, 0.2) is 0 Å². The SMILES string of the molecule is CCCCCCC(C)N1CC(c2cccc(CNc3ccc(C(C)(C)C)cc3)c2)=Nc2cc(C(=O)O)ccc21. The number of hydrogen-bond acceptors (Lipinski definition) is 4. The number of aliphatic imine (C=N–C) groups is 1. The minimum Gasteiger partial charge on any atom is -0.478 e. The number of nitrogens with one attached hydrogen (secondary N) is 1. The van der Waals surface area contributed by atoms with Gasteiger partial charge in [-0.2, -0.15) is 0 Å². The molecule has 5 heteroatoms. The molecule has 3 aromatic carbocycles. The highest BCUT2D eigenvalue weighted by Crippen LogP contribution is 2.36. The van der Waals surface area contributed by atoms with Crippen LogP contribution in [0.5, 0.6) is 0 Å². The van der Waals surface area contributed by atoms with Gasteiger partial charge in [-0.05, 0) is 71.8 Å². The summed E-state index contributed by atoms with van der Waals surface area (Å²) >= 11 is 0. The van der Waals surface area contributed by atoms with Gasteiger partial charge in [0.2, 0.25) is 0 Å². The molecule has 206 valence electrons. The Labute approximate surface area is 234 Å². The van der Waals surface area contributed by atoms with E-state index in [0.717, 1.165) is 34.8 Å². The fraction of sp³-hybridized carbons (Fsp3) is 0.412. The maximum absolute atomic E-state index is 11.7. The highest BCUT2D eigenvalue weighted by atomic mass is 16.4. The van der Waals surface area contributed by atoms with Crippen LogP contribution >= 0.6 is 0 Å². The largest absolute Gasteiger partial charge is 0.478 e. The summed E-state index contributed by atoms with van der Waals surface area (Å²) in [5.41, 5.74) is 7.81. The van der Waals surface area contributed by atoms with E-state index in [0.29, 0.717) is 19.1 Å². The molecule has 0 radical (unpaired) electrons. The first-order valence-corrected chi connectivity index (χ1v) is 14.3. The molecule has 39 heavy (non-hydrogen) atoms. The van der Waals surface area contributed by atoms with E-state index in [-0.39, 0.29) is 11.0 Å². The lowest BCUT2D eigenvalue weighted by molar-refractivity contribution is 0.0697. The highest BCUT2D eigenvalue weighted by molar-refractivity contribution is 6.08. The van der Waals surface area contributed by atoms with Crippen molar-refractivity contribution in [3.63, 3.8) is 0 Å². The van der Waals surface area contributed by atoms with Crippen LogP contribution in [0.1, 0.15) is 93.8 Å². The van der Waals surface area contributed by atoms with Crippen molar-refractivity contribution in [1.29, 1.82) is 0 Å². The first kappa shape index (κ1) is 28.4. The van der Waals surface area contributed by atoms with E-state index in [1.807, 2.05) is 6.07 Å². The number of nitrogens with zero attached hydrogens (tertiary/aromatic N) is 2. The second kappa shape index (κ2) is 12.5. The quantitative estimate of drug-likeness (QED) is 0.246. The number of carboxylic acid groups (broad SMARTS) is 1. The van der Waals surface area contributed by atoms with Crippen molar-refractivity contribution >= 4 is 28.7 Å². The Morgan fingerprint density at radius 3 is 2.49 bits per heavy atom. The number of aromatic carboxylic acids is 1. The fourth-order valence-electron chi connectivity index (χ4n) is 5.14. The average molecular weight is 526 g/mol. The minimum absolute atomic E-state index is 0.137. The van der Waals surface area contributed by atoms with Gasteiger partial charge in [0, 0.05) is 18.3 Å². The van der Waals surface area contributed by atoms with Crippen molar-refractivity contribution < 1.29 is 9.90 Å². The second-order valence-electron chi connectivity index (χ2n) is 11.8. The van der Waals surface area contributed by atoms with Crippen molar-refractivity contribution in [2.45, 2.75) is 84.7 Å². The molecule has 3 aromatic rings. The van der Waals surface area contributed by atoms with Gasteiger partial charge >= 0.3 is 5.97 Å². The van der Waals surface area contributed by atoms with Crippen molar-refractivity contribution in [2.24, 2.45) is 4.99 Å². The van der Waals surface area contributed by atoms with Crippen LogP contribution in [0, 0.1) is 0 Å². The third-order valence-electron chi connectivity index (χ3n) is 7.62. The summed E-state index contributed by atoms with van der Waals surface area (Å²) in [5.74, 6) is -0.928. The van der Waals surface area contributed by atoms with Crippen molar-refractivity contribution in [1.82, 2.24) is 0 Å². The van der Waals surface area contributed by atoms with Crippen LogP contribution in [0.4, 0.5) is 17.1 Å². The predicted octanol–water partition coefficient (Wildman–Crippen LogP) is 8.59. The molecule has 0 saturated carbocycles. The molecule has 1 atom stereocenters. The first-order valence-electron chi connectivity index (χ1n) is 14.3. The normalized spacial score (nSPS) is 14.0. The molecule has 1 aliphatic rings. The molecule has 1 unspecified atom stereocenters. The van der Waals surface area contributed by atoms with E-state index in [1.165, 1.54) is 36.8 Å². The molecule has 0 fully saturated rings. The molecule has 1 aliphatic heterocycles. The lowest BCUT2D eigenvalue weighted by Gasteiger charge is -2.36. The van der Waals surface area contributed by atoms with Crippen LogP contribution in [-0.4, -0.2) is 29.4 Å². The molecular weight excluding hydrogens is 482 g/mol. The lowest BCUT2D eigenvalue weighted by atomic mass is 9.87. The summed E-state index contributed by atoms with van der Waals surface area (Å²) in [6.45, 7) is 12.6. The van der Waals surface area contributed by atoms with E-state index >= 15 is 0 Å². The van der Waals surface area contributed by atoms with Gasteiger partial charge in [0.05, 0.1) is 29.2 Å². The van der Waals surface area contributed by atoms with Crippen LogP contribution in [0.2, 0.25) is 0 Å². The molecule has 2 N–H and O–H groups in total. The summed E-state index contributed by atoms with van der Waals surface area (Å²) in [6, 6.07) is 22.9. The molecule has 0 bridgehead atoms. The molecule has 0 aliphatic carbocycles. The highest BCUT2D eigenvalue weighted by Gasteiger charge is 2.25. The maximum Gasteiger partial charge on any atom is 0.335 e. The zero-order valence-corrected chi connectivity index (χ0v) is 24.1. The molecule has 5 nitrogen and oxygen atoms in total. The molecule has 0 saturated heterocycles. The molecule has 4 rings (SSSR count). The average Bonchev–Trinajstić information content (AvgIpc) is 2.93. The van der Waals surface area contributed by atoms with E-state index in [4.69, 9.17) is 4.99 Å². The van der Waals surface area contributed by atoms with Gasteiger partial charge in [-0.1, -0.05) is 83.7 Å². The van der Waals surface area contributed by atoms with Gasteiger partial charge in [-0.25, -0.2) is 9.79 Å². The van der Waals surface area contributed by atoms with Crippen molar-refractivity contribution in [3.05, 3.63) is 89.0 Å². The number of fused-ring (bicyclic) bond motifs is 1. The summed E-state index contributed by atoms with van der Waals surface area (Å²) in [4.78, 5) is 19.1. The Balaban J connectivity index is 1.55. The Morgan fingerprint density at radius 1 is 1.03 bits per heavy atom. The topological polar surface area (TPSA) is 64.9 Å². The standard InChI is InChI=1S/C34H43N3O2/c1-6-7-8-9-11-24(2)37-23-31(36-30-21-27(33(38)39)14-19-32(30)37)26-13-10-12-25(20-26)22-35-29-17-15-28(16-18-29)34(3,4)5/h10,12-21,24,35H,6-9,11,22-23H2,1-5H3,(H,38,39). The van der Waals surface area contributed by atoms with Crippen LogP contribution in [0.25, 0.3) is 0 Å². The second-order valence-corrected chi connectivity index (χ2v) is 11.8. The molecular formula is C34H43N3O2. The fourth-order valence-corrected chi connectivity index (χ4v) is 5.14. The predicted molar refractivity (Wildman–Crippen MR) is 164 cm³/mol. The Bertz CT molecular complexity index is 1300. The van der Waals surface area contributed by atoms with Crippen molar-refractivity contribution in [3.8, 4) is 0 Å². The number of benzene rings is 3. The van der Waals surface area contributed by atoms with Crippen LogP contribution in [-0.2, 0) is 12.0 Å². The van der Waals surface area contributed by atoms with Crippen LogP contribution < -0.4 is 10.2 Å². The van der Waals surface area contributed by atoms with Crippen LogP contribution in [0.3, 0.4) is 0 Å². The van der Waals surface area contributed by atoms with E-state index < -0.39 is 5.97 Å². The summed E-state index contributed by atoms with van der Waals surface area (Å²) in [5, 5.41) is 13.1. The molecule has 0 spiro atoms. The van der Waals surface area contributed by atoms with Gasteiger partial charge < -0.3 is 15.3 Å². The molecule has 0 aromatic heterocycles. The third-order valence-corrected chi connectivity index (χ3v) is 7.62. The number of hydrogen-bond donors (Lipinski definition) is 2. The number of anilines is 2. The number of rotatable bonds is 11. The third kappa shape index (κ3) is 7.29. The summed E-state index contributed by atoms with van der Waals surface area (Å²) < 4.78 is 0. The van der Waals surface area contributed by atoms with Gasteiger partial charge in [-0.3, -0.25) is 0 Å². The van der Waals surface area contributed by atoms with Crippen LogP contribution in [0.15, 0.2) is 71.7 Å². The van der Waals surface area contributed by atoms with E-state index in [2.05, 4.69) is 93.4 Å². The zero-order valence-electron chi connectivity index (χ0n) is 24.1. The monoisotopic (exact) mass is 525 g/mol. The maximum atomic E-state index is 11.7. The smallest absolute Gasteiger partial charge is 0.335 e. The molecule has 1 heterocycles. The van der Waals surface area contributed by atoms with Gasteiger partial charge in [0.25, 0.3) is 0 Å². The van der Waals surface area contributed by atoms with E-state index in [1.54, 1.807) is 12.1 Å². The van der Waals surface area contributed by atoms with Crippen molar-refractivity contribution in [2.75, 3.05) is 16.8 Å². The number of unbranched alkanes of at least 4 members (excludes halogenated alkanes) is 3. The number of carboxylic acids is 1. The first-order chi connectivity index (χ1) is 18.7. The molecule has 0 amide bonds. The van der Waals surface area contributed by atoms with Gasteiger partial charge in [-0.15, -0.1) is 0 Å². The zero-order chi connectivity index (χ0) is 28.0. The number of carbonyl (C=O) groups is 1. The summed E-state index contributed by atoms with van der Waals surface area (Å²) in [7, 11) is 0. The Morgan fingerprint density at radius 2 is 1.79 bits per heavy atom.